The lowest BCUT2D eigenvalue weighted by Crippen LogP contribution is -2.42. The Hall–Kier alpha value is -3.13. The number of fused-ring (bicyclic) bond motifs is 1. The smallest absolute Gasteiger partial charge is 0.232 e. The molecule has 41 heavy (non-hydrogen) atoms. The molecule has 2 N–H and O–H groups in total. The van der Waals surface area contributed by atoms with Crippen LogP contribution in [-0.4, -0.2) is 66.6 Å². The van der Waals surface area contributed by atoms with Crippen LogP contribution in [0.15, 0.2) is 31.0 Å². The number of aromatic nitrogens is 2. The van der Waals surface area contributed by atoms with E-state index in [4.69, 9.17) is 9.97 Å². The lowest BCUT2D eigenvalue weighted by Gasteiger charge is -2.36. The van der Waals surface area contributed by atoms with Gasteiger partial charge in [0, 0.05) is 37.1 Å². The van der Waals surface area contributed by atoms with E-state index in [0.29, 0.717) is 23.9 Å². The number of amides is 1. The third-order valence-electron chi connectivity index (χ3n) is 9.81. The lowest BCUT2D eigenvalue weighted by molar-refractivity contribution is -0.122. The fourth-order valence-corrected chi connectivity index (χ4v) is 6.98. The van der Waals surface area contributed by atoms with Crippen LogP contribution >= 0.6 is 0 Å². The standard InChI is InChI=1S/C33H47N7O/c1-5-23-19-25(22(2)35-26-15-17-38(3)18-16-26)13-14-29(23)36-33-34-20-30-31(37-33)40(27-9-7-6-8-10-27)21-28(24-11-12-24)32(41)39(30)4/h13-14,19-20,24,26-28,35H,2,5-12,15-18,21H2,1,3-4H3,(H,34,36,37). The van der Waals surface area contributed by atoms with Crippen molar-refractivity contribution >= 4 is 34.7 Å². The molecule has 4 aliphatic rings. The first-order chi connectivity index (χ1) is 19.9. The molecule has 2 aliphatic heterocycles. The third-order valence-corrected chi connectivity index (χ3v) is 9.81. The van der Waals surface area contributed by atoms with Crippen LogP contribution in [0.5, 0.6) is 0 Å². The molecule has 2 aliphatic carbocycles. The van der Waals surface area contributed by atoms with E-state index in [2.05, 4.69) is 59.2 Å². The van der Waals surface area contributed by atoms with E-state index in [1.54, 1.807) is 0 Å². The number of nitrogens with zero attached hydrogens (tertiary/aromatic N) is 5. The van der Waals surface area contributed by atoms with Gasteiger partial charge in [0.05, 0.1) is 12.1 Å². The van der Waals surface area contributed by atoms with Crippen LogP contribution in [0.3, 0.4) is 0 Å². The number of piperidine rings is 1. The fourth-order valence-electron chi connectivity index (χ4n) is 6.98. The van der Waals surface area contributed by atoms with Gasteiger partial charge in [-0.3, -0.25) is 4.79 Å². The Bertz CT molecular complexity index is 1260. The van der Waals surface area contributed by atoms with E-state index in [0.717, 1.165) is 80.2 Å². The van der Waals surface area contributed by atoms with Gasteiger partial charge >= 0.3 is 0 Å². The summed E-state index contributed by atoms with van der Waals surface area (Å²) >= 11 is 0. The van der Waals surface area contributed by atoms with Crippen LogP contribution in [0.25, 0.3) is 5.70 Å². The molecule has 1 aromatic heterocycles. The number of aryl methyl sites for hydroxylation is 1. The van der Waals surface area contributed by atoms with Gasteiger partial charge in [0.15, 0.2) is 5.82 Å². The molecule has 0 radical (unpaired) electrons. The highest BCUT2D eigenvalue weighted by Crippen LogP contribution is 2.44. The van der Waals surface area contributed by atoms with Crippen LogP contribution in [0.1, 0.15) is 75.8 Å². The van der Waals surface area contributed by atoms with Gasteiger partial charge < -0.3 is 25.3 Å². The van der Waals surface area contributed by atoms with Crippen LogP contribution in [0.2, 0.25) is 0 Å². The monoisotopic (exact) mass is 557 g/mol. The van der Waals surface area contributed by atoms with Crippen molar-refractivity contribution < 1.29 is 4.79 Å². The van der Waals surface area contributed by atoms with Crippen molar-refractivity contribution in [2.24, 2.45) is 11.8 Å². The minimum Gasteiger partial charge on any atom is -0.382 e. The lowest BCUT2D eigenvalue weighted by atomic mass is 9.92. The molecule has 1 atom stereocenters. The van der Waals surface area contributed by atoms with Crippen LogP contribution in [0, 0.1) is 11.8 Å². The molecule has 3 heterocycles. The van der Waals surface area contributed by atoms with E-state index >= 15 is 0 Å². The van der Waals surface area contributed by atoms with E-state index in [9.17, 15) is 4.79 Å². The van der Waals surface area contributed by atoms with Crippen molar-refractivity contribution in [3.05, 3.63) is 42.1 Å². The highest BCUT2D eigenvalue weighted by atomic mass is 16.2. The highest BCUT2D eigenvalue weighted by molar-refractivity contribution is 5.99. The average molecular weight is 558 g/mol. The summed E-state index contributed by atoms with van der Waals surface area (Å²) in [5, 5.41) is 7.21. The molecule has 1 aromatic carbocycles. The summed E-state index contributed by atoms with van der Waals surface area (Å²) in [5.41, 5.74) is 5.17. The van der Waals surface area contributed by atoms with Crippen LogP contribution < -0.4 is 20.4 Å². The van der Waals surface area contributed by atoms with Crippen LogP contribution in [0.4, 0.5) is 23.1 Å². The maximum Gasteiger partial charge on any atom is 0.232 e. The first kappa shape index (κ1) is 28.0. The zero-order chi connectivity index (χ0) is 28.5. The summed E-state index contributed by atoms with van der Waals surface area (Å²) in [4.78, 5) is 30.0. The quantitative estimate of drug-likeness (QED) is 0.439. The third kappa shape index (κ3) is 6.08. The zero-order valence-electron chi connectivity index (χ0n) is 25.2. The molecule has 1 unspecified atom stereocenters. The summed E-state index contributed by atoms with van der Waals surface area (Å²) in [5.74, 6) is 2.25. The highest BCUT2D eigenvalue weighted by Gasteiger charge is 2.43. The molecule has 2 saturated carbocycles. The van der Waals surface area contributed by atoms with E-state index < -0.39 is 0 Å². The molecule has 8 heteroatoms. The largest absolute Gasteiger partial charge is 0.382 e. The predicted octanol–water partition coefficient (Wildman–Crippen LogP) is 5.58. The molecular formula is C33H47N7O. The number of benzene rings is 1. The van der Waals surface area contributed by atoms with Gasteiger partial charge in [-0.1, -0.05) is 38.8 Å². The number of hydrogen-bond donors (Lipinski definition) is 2. The van der Waals surface area contributed by atoms with Gasteiger partial charge in [-0.05, 0) is 94.3 Å². The normalized spacial score (nSPS) is 22.8. The Morgan fingerprint density at radius 1 is 1.05 bits per heavy atom. The van der Waals surface area contributed by atoms with E-state index in [1.165, 1.54) is 37.7 Å². The van der Waals surface area contributed by atoms with Crippen molar-refractivity contribution in [1.29, 1.82) is 0 Å². The minimum absolute atomic E-state index is 0.0444. The van der Waals surface area contributed by atoms with Crippen molar-refractivity contribution in [2.45, 2.75) is 83.2 Å². The number of rotatable bonds is 8. The Morgan fingerprint density at radius 3 is 2.51 bits per heavy atom. The van der Waals surface area contributed by atoms with E-state index in [-0.39, 0.29) is 11.8 Å². The average Bonchev–Trinajstić information content (AvgIpc) is 3.85. The van der Waals surface area contributed by atoms with Crippen LogP contribution in [-0.2, 0) is 11.2 Å². The maximum absolute atomic E-state index is 13.5. The first-order valence-corrected chi connectivity index (χ1v) is 15.9. The van der Waals surface area contributed by atoms with Gasteiger partial charge in [-0.25, -0.2) is 4.98 Å². The maximum atomic E-state index is 13.5. The Morgan fingerprint density at radius 2 is 1.80 bits per heavy atom. The van der Waals surface area contributed by atoms with Gasteiger partial charge in [-0.2, -0.15) is 4.98 Å². The number of carbonyl (C=O) groups is 1. The fraction of sp³-hybridized carbons (Fsp3) is 0.606. The molecule has 1 amide bonds. The van der Waals surface area contributed by atoms with Crippen molar-refractivity contribution in [2.75, 3.05) is 48.8 Å². The molecular weight excluding hydrogens is 510 g/mol. The van der Waals surface area contributed by atoms with Gasteiger partial charge in [0.2, 0.25) is 11.9 Å². The Balaban J connectivity index is 1.24. The molecule has 6 rings (SSSR count). The summed E-state index contributed by atoms with van der Waals surface area (Å²) in [7, 11) is 4.09. The number of nitrogens with one attached hydrogen (secondary N) is 2. The summed E-state index contributed by atoms with van der Waals surface area (Å²) in [6.07, 6.45) is 13.5. The summed E-state index contributed by atoms with van der Waals surface area (Å²) in [6, 6.07) is 7.40. The Kier molecular flexibility index (Phi) is 8.20. The molecule has 3 fully saturated rings. The second kappa shape index (κ2) is 12.0. The molecule has 8 nitrogen and oxygen atoms in total. The molecule has 220 valence electrons. The predicted molar refractivity (Wildman–Crippen MR) is 168 cm³/mol. The number of likely N-dealkylation sites (tertiary alicyclic amines) is 1. The topological polar surface area (TPSA) is 76.6 Å². The molecule has 1 saturated heterocycles. The van der Waals surface area contributed by atoms with Crippen molar-refractivity contribution in [3.63, 3.8) is 0 Å². The number of carbonyl (C=O) groups excluding carboxylic acids is 1. The molecule has 0 bridgehead atoms. The SMILES string of the molecule is C=C(NC1CCN(C)CC1)c1ccc(Nc2ncc3c(n2)N(C2CCCCC2)CC(C2CC2)C(=O)N3C)c(CC)c1. The van der Waals surface area contributed by atoms with E-state index in [1.807, 2.05) is 18.1 Å². The van der Waals surface area contributed by atoms with Gasteiger partial charge in [-0.15, -0.1) is 0 Å². The number of anilines is 4. The summed E-state index contributed by atoms with van der Waals surface area (Å²) < 4.78 is 0. The number of hydrogen-bond acceptors (Lipinski definition) is 7. The zero-order valence-corrected chi connectivity index (χ0v) is 25.2. The second-order valence-electron chi connectivity index (χ2n) is 12.7. The molecule has 2 aromatic rings. The second-order valence-corrected chi connectivity index (χ2v) is 12.7. The molecule has 0 spiro atoms. The Labute approximate surface area is 245 Å². The van der Waals surface area contributed by atoms with Crippen molar-refractivity contribution in [3.8, 4) is 0 Å². The minimum atomic E-state index is 0.0444. The van der Waals surface area contributed by atoms with Gasteiger partial charge in [0.25, 0.3) is 0 Å². The van der Waals surface area contributed by atoms with Gasteiger partial charge in [0.1, 0.15) is 5.69 Å². The first-order valence-electron chi connectivity index (χ1n) is 15.9. The summed E-state index contributed by atoms with van der Waals surface area (Å²) in [6.45, 7) is 9.56. The van der Waals surface area contributed by atoms with Crippen molar-refractivity contribution in [1.82, 2.24) is 20.2 Å².